The summed E-state index contributed by atoms with van der Waals surface area (Å²) in [6.07, 6.45) is -2.84. The Kier molecular flexibility index (Phi) is 2.72. The molecule has 0 saturated carbocycles. The van der Waals surface area contributed by atoms with Crippen LogP contribution in [0, 0.1) is 5.82 Å². The van der Waals surface area contributed by atoms with Crippen LogP contribution < -0.4 is 11.3 Å². The molecule has 0 amide bonds. The monoisotopic (exact) mass is 192 g/mol. The molecule has 0 aromatic carbocycles. The van der Waals surface area contributed by atoms with Gasteiger partial charge in [0.15, 0.2) is 5.82 Å². The Morgan fingerprint density at radius 2 is 2.15 bits per heavy atom. The molecule has 3 N–H and O–H groups in total. The number of hydrogen-bond donors (Lipinski definition) is 2. The largest absolute Gasteiger partial charge is 0.325 e. The lowest BCUT2D eigenvalue weighted by molar-refractivity contribution is 0.149. The topological polar surface area (TPSA) is 58.9 Å². The van der Waals surface area contributed by atoms with Crippen molar-refractivity contribution in [1.82, 2.24) is 4.98 Å². The first-order chi connectivity index (χ1) is 6.06. The van der Waals surface area contributed by atoms with Gasteiger partial charge in [-0.3, -0.25) is 4.79 Å². The van der Waals surface area contributed by atoms with E-state index < -0.39 is 23.4 Å². The first-order valence-electron chi connectivity index (χ1n) is 3.46. The summed E-state index contributed by atoms with van der Waals surface area (Å²) in [5, 5.41) is 0. The quantitative estimate of drug-likeness (QED) is 0.731. The Balaban J connectivity index is 3.33. The molecule has 3 nitrogen and oxygen atoms in total. The summed E-state index contributed by atoms with van der Waals surface area (Å²) in [6, 6.07) is 0.506. The van der Waals surface area contributed by atoms with Crippen molar-refractivity contribution < 1.29 is 13.2 Å². The summed E-state index contributed by atoms with van der Waals surface area (Å²) in [4.78, 5) is 12.6. The van der Waals surface area contributed by atoms with Crippen LogP contribution in [0.5, 0.6) is 0 Å². The number of alkyl halides is 2. The van der Waals surface area contributed by atoms with Crippen LogP contribution in [0.1, 0.15) is 17.7 Å². The zero-order chi connectivity index (χ0) is 10.0. The van der Waals surface area contributed by atoms with E-state index >= 15 is 0 Å². The second kappa shape index (κ2) is 3.61. The molecule has 0 saturated heterocycles. The van der Waals surface area contributed by atoms with Gasteiger partial charge in [0.25, 0.3) is 12.0 Å². The minimum atomic E-state index is -2.84. The number of rotatable bonds is 2. The van der Waals surface area contributed by atoms with Crippen LogP contribution in [0.4, 0.5) is 13.2 Å². The Morgan fingerprint density at radius 3 is 2.62 bits per heavy atom. The van der Waals surface area contributed by atoms with Crippen molar-refractivity contribution in [2.45, 2.75) is 13.0 Å². The van der Waals surface area contributed by atoms with Crippen molar-refractivity contribution in [2.75, 3.05) is 0 Å². The van der Waals surface area contributed by atoms with Crippen LogP contribution in [-0.2, 0) is 6.54 Å². The molecule has 0 atom stereocenters. The smallest absolute Gasteiger partial charge is 0.284 e. The van der Waals surface area contributed by atoms with E-state index in [0.717, 1.165) is 0 Å². The third kappa shape index (κ3) is 1.89. The molecule has 1 aromatic heterocycles. The zero-order valence-electron chi connectivity index (χ0n) is 6.48. The van der Waals surface area contributed by atoms with Gasteiger partial charge in [0.05, 0.1) is 0 Å². The van der Waals surface area contributed by atoms with Crippen molar-refractivity contribution in [3.63, 3.8) is 0 Å². The highest BCUT2D eigenvalue weighted by Crippen LogP contribution is 2.20. The summed E-state index contributed by atoms with van der Waals surface area (Å²) in [5.74, 6) is -1.23. The number of halogens is 3. The molecule has 1 heterocycles. The standard InChI is InChI=1S/C7H7F3N2O/c8-4-1-3(6(9)10)5(2-11)12-7(4)13/h1,6H,2,11H2,(H,12,13). The molecular weight excluding hydrogens is 185 g/mol. The molecular formula is C7H7F3N2O. The molecule has 6 heteroatoms. The maximum atomic E-state index is 12.5. The maximum absolute atomic E-state index is 12.5. The summed E-state index contributed by atoms with van der Waals surface area (Å²) < 4.78 is 36.9. The first-order valence-corrected chi connectivity index (χ1v) is 3.46. The third-order valence-corrected chi connectivity index (χ3v) is 1.55. The Hall–Kier alpha value is -1.30. The van der Waals surface area contributed by atoms with Gasteiger partial charge in [-0.2, -0.15) is 0 Å². The van der Waals surface area contributed by atoms with E-state index in [9.17, 15) is 18.0 Å². The normalized spacial score (nSPS) is 10.8. The lowest BCUT2D eigenvalue weighted by Crippen LogP contribution is -2.17. The molecule has 0 radical (unpaired) electrons. The van der Waals surface area contributed by atoms with Gasteiger partial charge >= 0.3 is 0 Å². The Labute approximate surface area is 71.4 Å². The Bertz CT molecular complexity index is 361. The minimum Gasteiger partial charge on any atom is -0.325 e. The molecule has 0 unspecified atom stereocenters. The Morgan fingerprint density at radius 1 is 1.54 bits per heavy atom. The molecule has 0 fully saturated rings. The van der Waals surface area contributed by atoms with Gasteiger partial charge in [-0.05, 0) is 6.07 Å². The number of nitrogens with two attached hydrogens (primary N) is 1. The molecule has 72 valence electrons. The lowest BCUT2D eigenvalue weighted by Gasteiger charge is -2.05. The van der Waals surface area contributed by atoms with Crippen molar-refractivity contribution in [3.8, 4) is 0 Å². The van der Waals surface area contributed by atoms with Crippen molar-refractivity contribution in [3.05, 3.63) is 33.5 Å². The molecule has 13 heavy (non-hydrogen) atoms. The van der Waals surface area contributed by atoms with E-state index in [-0.39, 0.29) is 12.2 Å². The van der Waals surface area contributed by atoms with E-state index in [1.807, 2.05) is 4.98 Å². The van der Waals surface area contributed by atoms with E-state index in [1.54, 1.807) is 0 Å². The zero-order valence-corrected chi connectivity index (χ0v) is 6.48. The predicted octanol–water partition coefficient (Wildman–Crippen LogP) is 0.910. The van der Waals surface area contributed by atoms with Gasteiger partial charge < -0.3 is 10.7 Å². The maximum Gasteiger partial charge on any atom is 0.284 e. The van der Waals surface area contributed by atoms with E-state index in [1.165, 1.54) is 0 Å². The van der Waals surface area contributed by atoms with Crippen LogP contribution in [0.3, 0.4) is 0 Å². The highest BCUT2D eigenvalue weighted by atomic mass is 19.3. The predicted molar refractivity (Wildman–Crippen MR) is 39.9 cm³/mol. The van der Waals surface area contributed by atoms with Crippen LogP contribution in [0.15, 0.2) is 10.9 Å². The van der Waals surface area contributed by atoms with Crippen LogP contribution in [-0.4, -0.2) is 4.98 Å². The minimum absolute atomic E-state index is 0.138. The highest BCUT2D eigenvalue weighted by molar-refractivity contribution is 5.21. The average molecular weight is 192 g/mol. The van der Waals surface area contributed by atoms with Crippen molar-refractivity contribution >= 4 is 0 Å². The second-order valence-corrected chi connectivity index (χ2v) is 2.39. The summed E-state index contributed by atoms with van der Waals surface area (Å²) in [6.45, 7) is -0.255. The van der Waals surface area contributed by atoms with E-state index in [2.05, 4.69) is 0 Å². The summed E-state index contributed by atoms with van der Waals surface area (Å²) in [7, 11) is 0. The van der Waals surface area contributed by atoms with Crippen LogP contribution in [0.25, 0.3) is 0 Å². The molecule has 0 aliphatic rings. The molecule has 0 aliphatic heterocycles. The van der Waals surface area contributed by atoms with E-state index in [0.29, 0.717) is 6.07 Å². The van der Waals surface area contributed by atoms with Gasteiger partial charge in [-0.25, -0.2) is 13.2 Å². The van der Waals surface area contributed by atoms with E-state index in [4.69, 9.17) is 5.73 Å². The first kappa shape index (κ1) is 9.79. The van der Waals surface area contributed by atoms with Gasteiger partial charge in [0, 0.05) is 17.8 Å². The molecule has 0 aliphatic carbocycles. The number of aromatic nitrogens is 1. The fraction of sp³-hybridized carbons (Fsp3) is 0.286. The van der Waals surface area contributed by atoms with Crippen LogP contribution in [0.2, 0.25) is 0 Å². The third-order valence-electron chi connectivity index (χ3n) is 1.55. The average Bonchev–Trinajstić information content (AvgIpc) is 2.08. The SMILES string of the molecule is NCc1[nH]c(=O)c(F)cc1C(F)F. The van der Waals surface area contributed by atoms with Gasteiger partial charge in [-0.1, -0.05) is 0 Å². The molecule has 0 spiro atoms. The number of nitrogens with one attached hydrogen (secondary N) is 1. The lowest BCUT2D eigenvalue weighted by atomic mass is 10.2. The number of pyridine rings is 1. The van der Waals surface area contributed by atoms with Gasteiger partial charge in [0.1, 0.15) is 0 Å². The molecule has 1 rings (SSSR count). The number of aromatic amines is 1. The fourth-order valence-electron chi connectivity index (χ4n) is 0.922. The van der Waals surface area contributed by atoms with Crippen molar-refractivity contribution in [1.29, 1.82) is 0 Å². The highest BCUT2D eigenvalue weighted by Gasteiger charge is 2.15. The van der Waals surface area contributed by atoms with Crippen LogP contribution >= 0.6 is 0 Å². The second-order valence-electron chi connectivity index (χ2n) is 2.39. The molecule has 0 bridgehead atoms. The summed E-state index contributed by atoms with van der Waals surface area (Å²) in [5.41, 5.74) is 3.34. The van der Waals surface area contributed by atoms with Crippen molar-refractivity contribution in [2.24, 2.45) is 5.73 Å². The van der Waals surface area contributed by atoms with Gasteiger partial charge in [0.2, 0.25) is 0 Å². The van der Waals surface area contributed by atoms with Gasteiger partial charge in [-0.15, -0.1) is 0 Å². The summed E-state index contributed by atoms with van der Waals surface area (Å²) >= 11 is 0. The fourth-order valence-corrected chi connectivity index (χ4v) is 0.922. The number of hydrogen-bond acceptors (Lipinski definition) is 2. The number of H-pyrrole nitrogens is 1. The molecule has 1 aromatic rings.